The summed E-state index contributed by atoms with van der Waals surface area (Å²) in [5.41, 5.74) is 0.567. The normalized spacial score (nSPS) is 19.7. The largest absolute Gasteiger partial charge is 0.465 e. The lowest BCUT2D eigenvalue weighted by Crippen LogP contribution is -2.41. The maximum Gasteiger partial charge on any atom is 0.324 e. The molecule has 1 aromatic carbocycles. The summed E-state index contributed by atoms with van der Waals surface area (Å²) in [6.45, 7) is 3.96. The summed E-state index contributed by atoms with van der Waals surface area (Å²) in [5.74, 6) is -0.481. The van der Waals surface area contributed by atoms with Crippen LogP contribution in [0.4, 0.5) is 0 Å². The van der Waals surface area contributed by atoms with E-state index in [0.29, 0.717) is 30.0 Å². The molecular weight excluding hydrogens is 314 g/mol. The lowest BCUT2D eigenvalue weighted by molar-refractivity contribution is -0.146. The molecule has 1 atom stereocenters. The van der Waals surface area contributed by atoms with Crippen LogP contribution in [0.15, 0.2) is 23.1 Å². The summed E-state index contributed by atoms with van der Waals surface area (Å²) in [6.07, 6.45) is 1.14. The van der Waals surface area contributed by atoms with E-state index in [1.54, 1.807) is 19.9 Å². The van der Waals surface area contributed by atoms with E-state index >= 15 is 0 Å². The van der Waals surface area contributed by atoms with E-state index in [-0.39, 0.29) is 11.5 Å². The molecule has 0 aromatic heterocycles. The third-order valence-electron chi connectivity index (χ3n) is 3.49. The van der Waals surface area contributed by atoms with Crippen LogP contribution < -0.4 is 0 Å². The Hall–Kier alpha value is -1.11. The van der Waals surface area contributed by atoms with Gasteiger partial charge in [0.2, 0.25) is 10.0 Å². The number of esters is 1. The van der Waals surface area contributed by atoms with Crippen LogP contribution in [-0.4, -0.2) is 37.9 Å². The van der Waals surface area contributed by atoms with E-state index in [4.69, 9.17) is 16.3 Å². The van der Waals surface area contributed by atoms with Crippen LogP contribution in [0.5, 0.6) is 0 Å². The van der Waals surface area contributed by atoms with Crippen molar-refractivity contribution in [2.75, 3.05) is 13.2 Å². The summed E-state index contributed by atoms with van der Waals surface area (Å²) >= 11 is 5.86. The van der Waals surface area contributed by atoms with Crippen molar-refractivity contribution in [2.45, 2.75) is 37.6 Å². The average Bonchev–Trinajstić information content (AvgIpc) is 2.88. The van der Waals surface area contributed by atoms with Crippen LogP contribution in [-0.2, 0) is 19.6 Å². The number of hydrogen-bond donors (Lipinski definition) is 0. The van der Waals surface area contributed by atoms with Crippen LogP contribution in [0.3, 0.4) is 0 Å². The van der Waals surface area contributed by atoms with E-state index in [1.165, 1.54) is 16.4 Å². The predicted molar refractivity (Wildman–Crippen MR) is 79.7 cm³/mol. The zero-order chi connectivity index (χ0) is 15.6. The van der Waals surface area contributed by atoms with Gasteiger partial charge in [-0.3, -0.25) is 4.79 Å². The maximum atomic E-state index is 12.8. The Labute approximate surface area is 129 Å². The fourth-order valence-electron chi connectivity index (χ4n) is 2.53. The van der Waals surface area contributed by atoms with E-state index in [9.17, 15) is 13.2 Å². The molecule has 7 heteroatoms. The van der Waals surface area contributed by atoms with Gasteiger partial charge in [0, 0.05) is 11.6 Å². The van der Waals surface area contributed by atoms with Gasteiger partial charge in [-0.05, 0) is 50.5 Å². The number of carbonyl (C=O) groups excluding carboxylic acids is 1. The fourth-order valence-corrected chi connectivity index (χ4v) is 4.61. The van der Waals surface area contributed by atoms with Crippen LogP contribution in [0, 0.1) is 6.92 Å². The first-order valence-electron chi connectivity index (χ1n) is 6.82. The van der Waals surface area contributed by atoms with Crippen LogP contribution in [0.1, 0.15) is 25.3 Å². The average molecular weight is 332 g/mol. The van der Waals surface area contributed by atoms with Gasteiger partial charge in [0.15, 0.2) is 0 Å². The summed E-state index contributed by atoms with van der Waals surface area (Å²) in [7, 11) is -3.72. The highest BCUT2D eigenvalue weighted by Gasteiger charge is 2.40. The number of ether oxygens (including phenoxy) is 1. The highest BCUT2D eigenvalue weighted by molar-refractivity contribution is 7.89. The number of nitrogens with zero attached hydrogens (tertiary/aromatic N) is 1. The third-order valence-corrected chi connectivity index (χ3v) is 5.79. The minimum absolute atomic E-state index is 0.183. The highest BCUT2D eigenvalue weighted by atomic mass is 35.5. The molecule has 1 unspecified atom stereocenters. The molecule has 0 radical (unpaired) electrons. The lowest BCUT2D eigenvalue weighted by atomic mass is 10.2. The van der Waals surface area contributed by atoms with Gasteiger partial charge < -0.3 is 4.74 Å². The molecule has 21 heavy (non-hydrogen) atoms. The van der Waals surface area contributed by atoms with Gasteiger partial charge in [-0.2, -0.15) is 4.31 Å². The second kappa shape index (κ2) is 6.34. The molecule has 0 aliphatic carbocycles. The molecule has 5 nitrogen and oxygen atoms in total. The molecule has 2 rings (SSSR count). The fraction of sp³-hybridized carbons (Fsp3) is 0.500. The Bertz CT molecular complexity index is 644. The highest BCUT2D eigenvalue weighted by Crippen LogP contribution is 2.29. The molecule has 0 spiro atoms. The van der Waals surface area contributed by atoms with Crippen molar-refractivity contribution in [3.8, 4) is 0 Å². The number of halogens is 1. The number of benzene rings is 1. The van der Waals surface area contributed by atoms with E-state index < -0.39 is 22.0 Å². The van der Waals surface area contributed by atoms with Crippen molar-refractivity contribution in [2.24, 2.45) is 0 Å². The molecule has 0 saturated carbocycles. The van der Waals surface area contributed by atoms with Crippen LogP contribution in [0.25, 0.3) is 0 Å². The van der Waals surface area contributed by atoms with Crippen molar-refractivity contribution < 1.29 is 17.9 Å². The zero-order valence-corrected chi connectivity index (χ0v) is 13.6. The number of aryl methyl sites for hydroxylation is 1. The minimum atomic E-state index is -3.72. The molecule has 1 heterocycles. The molecule has 1 aliphatic heterocycles. The van der Waals surface area contributed by atoms with Crippen molar-refractivity contribution in [1.82, 2.24) is 4.31 Å². The van der Waals surface area contributed by atoms with Gasteiger partial charge in [-0.1, -0.05) is 11.6 Å². The zero-order valence-electron chi connectivity index (χ0n) is 12.0. The molecule has 116 valence electrons. The smallest absolute Gasteiger partial charge is 0.324 e. The van der Waals surface area contributed by atoms with E-state index in [0.717, 1.165) is 0 Å². The van der Waals surface area contributed by atoms with Gasteiger partial charge in [-0.25, -0.2) is 8.42 Å². The first-order valence-corrected chi connectivity index (χ1v) is 8.64. The molecule has 1 aromatic rings. The van der Waals surface area contributed by atoms with Gasteiger partial charge in [0.25, 0.3) is 0 Å². The molecular formula is C14H18ClNO4S. The first kappa shape index (κ1) is 16.3. The second-order valence-electron chi connectivity index (χ2n) is 4.94. The number of rotatable bonds is 4. The Morgan fingerprint density at radius 2 is 2.19 bits per heavy atom. The van der Waals surface area contributed by atoms with Crippen LogP contribution >= 0.6 is 11.6 Å². The third kappa shape index (κ3) is 3.22. The van der Waals surface area contributed by atoms with E-state index in [1.807, 2.05) is 0 Å². The Balaban J connectivity index is 2.36. The van der Waals surface area contributed by atoms with Gasteiger partial charge in [0.05, 0.1) is 11.5 Å². The van der Waals surface area contributed by atoms with Crippen molar-refractivity contribution in [1.29, 1.82) is 0 Å². The Morgan fingerprint density at radius 3 is 2.81 bits per heavy atom. The van der Waals surface area contributed by atoms with Crippen molar-refractivity contribution in [3.63, 3.8) is 0 Å². The van der Waals surface area contributed by atoms with Gasteiger partial charge >= 0.3 is 5.97 Å². The van der Waals surface area contributed by atoms with Gasteiger partial charge in [-0.15, -0.1) is 0 Å². The summed E-state index contributed by atoms with van der Waals surface area (Å²) < 4.78 is 31.7. The standard InChI is InChI=1S/C14H18ClNO4S/c1-3-20-14(17)12-5-4-8-16(12)21(18,19)13-7-6-11(15)9-10(13)2/h6-7,9,12H,3-5,8H2,1-2H3. The molecule has 0 N–H and O–H groups in total. The molecule has 0 bridgehead atoms. The first-order chi connectivity index (χ1) is 9.87. The maximum absolute atomic E-state index is 12.8. The van der Waals surface area contributed by atoms with Crippen molar-refractivity contribution in [3.05, 3.63) is 28.8 Å². The summed E-state index contributed by atoms with van der Waals surface area (Å²) in [6, 6.07) is 3.89. The van der Waals surface area contributed by atoms with E-state index in [2.05, 4.69) is 0 Å². The quantitative estimate of drug-likeness (QED) is 0.794. The summed E-state index contributed by atoms with van der Waals surface area (Å²) in [5, 5.41) is 0.481. The number of carbonyl (C=O) groups is 1. The number of hydrogen-bond acceptors (Lipinski definition) is 4. The Kier molecular flexibility index (Phi) is 4.91. The monoisotopic (exact) mass is 331 g/mol. The molecule has 1 aliphatic rings. The second-order valence-corrected chi connectivity index (χ2v) is 7.23. The minimum Gasteiger partial charge on any atom is -0.465 e. The van der Waals surface area contributed by atoms with Crippen molar-refractivity contribution >= 4 is 27.6 Å². The summed E-state index contributed by atoms with van der Waals surface area (Å²) in [4.78, 5) is 12.1. The molecule has 1 fully saturated rings. The van der Waals surface area contributed by atoms with Gasteiger partial charge in [0.1, 0.15) is 6.04 Å². The van der Waals surface area contributed by atoms with Crippen LogP contribution in [0.2, 0.25) is 5.02 Å². The molecule has 0 amide bonds. The predicted octanol–water partition coefficient (Wildman–Crippen LogP) is 2.36. The topological polar surface area (TPSA) is 63.7 Å². The SMILES string of the molecule is CCOC(=O)C1CCCN1S(=O)(=O)c1ccc(Cl)cc1C. The molecule has 1 saturated heterocycles. The lowest BCUT2D eigenvalue weighted by Gasteiger charge is -2.23. The Morgan fingerprint density at radius 1 is 1.48 bits per heavy atom. The number of sulfonamides is 1.